The summed E-state index contributed by atoms with van der Waals surface area (Å²) in [5.41, 5.74) is 0.255. The number of carbonyl (C=O) groups is 1. The van der Waals surface area contributed by atoms with Crippen LogP contribution in [0.2, 0.25) is 0 Å². The third-order valence-electron chi connectivity index (χ3n) is 3.14. The van der Waals surface area contributed by atoms with Gasteiger partial charge in [0.15, 0.2) is 0 Å². The molecule has 1 fully saturated rings. The van der Waals surface area contributed by atoms with E-state index >= 15 is 0 Å². The summed E-state index contributed by atoms with van der Waals surface area (Å²) >= 11 is 0. The third kappa shape index (κ3) is 4.65. The molecule has 1 aliphatic carbocycles. The average molecular weight is 213 g/mol. The molecule has 1 aliphatic rings. The zero-order chi connectivity index (χ0) is 11.1. The Morgan fingerprint density at radius 1 is 1.33 bits per heavy atom. The highest BCUT2D eigenvalue weighted by Gasteiger charge is 2.25. The minimum absolute atomic E-state index is 0.0931. The van der Waals surface area contributed by atoms with Crippen molar-refractivity contribution in [3.63, 3.8) is 0 Å². The molecule has 15 heavy (non-hydrogen) atoms. The normalized spacial score (nSPS) is 19.9. The Kier molecular flexibility index (Phi) is 5.09. The van der Waals surface area contributed by atoms with Crippen molar-refractivity contribution >= 4 is 5.97 Å². The van der Waals surface area contributed by atoms with E-state index in [9.17, 15) is 4.79 Å². The van der Waals surface area contributed by atoms with Gasteiger partial charge in [-0.2, -0.15) is 0 Å². The van der Waals surface area contributed by atoms with E-state index in [1.165, 1.54) is 32.1 Å². The van der Waals surface area contributed by atoms with Crippen LogP contribution >= 0.6 is 0 Å². The maximum Gasteiger partial charge on any atom is 0.307 e. The van der Waals surface area contributed by atoms with E-state index in [2.05, 4.69) is 12.2 Å². The van der Waals surface area contributed by atoms with Crippen molar-refractivity contribution in [2.24, 2.45) is 0 Å². The van der Waals surface area contributed by atoms with Crippen LogP contribution < -0.4 is 5.32 Å². The molecular weight excluding hydrogens is 190 g/mol. The van der Waals surface area contributed by atoms with E-state index in [1.807, 2.05) is 6.92 Å². The van der Waals surface area contributed by atoms with Crippen LogP contribution in [0.3, 0.4) is 0 Å². The zero-order valence-corrected chi connectivity index (χ0v) is 9.97. The molecule has 0 radical (unpaired) electrons. The molecule has 0 aliphatic heterocycles. The Morgan fingerprint density at radius 3 is 2.60 bits per heavy atom. The summed E-state index contributed by atoms with van der Waals surface area (Å²) in [5, 5.41) is 3.49. The van der Waals surface area contributed by atoms with Crippen molar-refractivity contribution in [1.82, 2.24) is 5.32 Å². The summed E-state index contributed by atoms with van der Waals surface area (Å²) in [7, 11) is 0. The quantitative estimate of drug-likeness (QED) is 0.712. The van der Waals surface area contributed by atoms with Gasteiger partial charge in [-0.25, -0.2) is 0 Å². The predicted octanol–water partition coefficient (Wildman–Crippen LogP) is 2.25. The van der Waals surface area contributed by atoms with Crippen LogP contribution in [0.15, 0.2) is 0 Å². The number of hydrogen-bond donors (Lipinski definition) is 1. The van der Waals surface area contributed by atoms with Gasteiger partial charge in [-0.3, -0.25) is 4.79 Å². The Hall–Kier alpha value is -0.570. The summed E-state index contributed by atoms with van der Waals surface area (Å²) < 4.78 is 4.89. The summed E-state index contributed by atoms with van der Waals surface area (Å²) in [6, 6.07) is 0. The molecule has 3 nitrogen and oxygen atoms in total. The van der Waals surface area contributed by atoms with Gasteiger partial charge in [-0.1, -0.05) is 19.3 Å². The van der Waals surface area contributed by atoms with E-state index in [0.29, 0.717) is 13.0 Å². The fourth-order valence-electron chi connectivity index (χ4n) is 2.21. The molecule has 0 heterocycles. The highest BCUT2D eigenvalue weighted by Crippen LogP contribution is 2.27. The highest BCUT2D eigenvalue weighted by atomic mass is 16.5. The lowest BCUT2D eigenvalue weighted by Crippen LogP contribution is -2.44. The second-order valence-corrected chi connectivity index (χ2v) is 4.60. The molecular formula is C12H23NO2. The van der Waals surface area contributed by atoms with Crippen LogP contribution in [0, 0.1) is 0 Å². The van der Waals surface area contributed by atoms with Crippen LogP contribution in [0.1, 0.15) is 52.4 Å². The van der Waals surface area contributed by atoms with Gasteiger partial charge < -0.3 is 10.1 Å². The standard InChI is InChI=1S/C12H23NO2/c1-3-15-11(14)7-10-13-12(2)8-5-4-6-9-12/h13H,3-10H2,1-2H3. The van der Waals surface area contributed by atoms with Gasteiger partial charge in [0, 0.05) is 12.1 Å². The molecule has 0 bridgehead atoms. The van der Waals surface area contributed by atoms with Gasteiger partial charge in [-0.05, 0) is 26.7 Å². The van der Waals surface area contributed by atoms with E-state index in [1.54, 1.807) is 0 Å². The number of rotatable bonds is 5. The second-order valence-electron chi connectivity index (χ2n) is 4.60. The fraction of sp³-hybridized carbons (Fsp3) is 0.917. The first-order valence-corrected chi connectivity index (χ1v) is 6.07. The lowest BCUT2D eigenvalue weighted by Gasteiger charge is -2.34. The summed E-state index contributed by atoms with van der Waals surface area (Å²) in [5.74, 6) is -0.0931. The van der Waals surface area contributed by atoms with Crippen LogP contribution in [0.4, 0.5) is 0 Å². The van der Waals surface area contributed by atoms with Gasteiger partial charge in [-0.15, -0.1) is 0 Å². The van der Waals surface area contributed by atoms with E-state index < -0.39 is 0 Å². The van der Waals surface area contributed by atoms with Crippen molar-refractivity contribution in [2.45, 2.75) is 57.9 Å². The number of nitrogens with one attached hydrogen (secondary N) is 1. The average Bonchev–Trinajstić information content (AvgIpc) is 2.19. The third-order valence-corrected chi connectivity index (χ3v) is 3.14. The Morgan fingerprint density at radius 2 is 2.00 bits per heavy atom. The van der Waals surface area contributed by atoms with E-state index in [-0.39, 0.29) is 11.5 Å². The van der Waals surface area contributed by atoms with Crippen molar-refractivity contribution in [2.75, 3.05) is 13.2 Å². The van der Waals surface area contributed by atoms with Crippen molar-refractivity contribution in [1.29, 1.82) is 0 Å². The first-order chi connectivity index (χ1) is 7.16. The van der Waals surface area contributed by atoms with Gasteiger partial charge in [0.2, 0.25) is 0 Å². The summed E-state index contributed by atoms with van der Waals surface area (Å²) in [4.78, 5) is 11.1. The van der Waals surface area contributed by atoms with Gasteiger partial charge in [0.1, 0.15) is 0 Å². The van der Waals surface area contributed by atoms with Crippen LogP contribution in [0.5, 0.6) is 0 Å². The first kappa shape index (κ1) is 12.5. The molecule has 0 atom stereocenters. The lowest BCUT2D eigenvalue weighted by atomic mass is 9.83. The molecule has 88 valence electrons. The highest BCUT2D eigenvalue weighted by molar-refractivity contribution is 5.69. The maximum atomic E-state index is 11.1. The fourth-order valence-corrected chi connectivity index (χ4v) is 2.21. The molecule has 1 rings (SSSR count). The molecule has 0 aromatic rings. The Balaban J connectivity index is 2.15. The van der Waals surface area contributed by atoms with Gasteiger partial charge in [0.25, 0.3) is 0 Å². The molecule has 0 aromatic carbocycles. The Bertz CT molecular complexity index is 198. The van der Waals surface area contributed by atoms with Crippen molar-refractivity contribution in [3.05, 3.63) is 0 Å². The predicted molar refractivity (Wildman–Crippen MR) is 60.7 cm³/mol. The maximum absolute atomic E-state index is 11.1. The SMILES string of the molecule is CCOC(=O)CCNC1(C)CCCCC1. The monoisotopic (exact) mass is 213 g/mol. The molecule has 1 saturated carbocycles. The second kappa shape index (κ2) is 6.11. The van der Waals surface area contributed by atoms with E-state index in [4.69, 9.17) is 4.74 Å². The molecule has 0 spiro atoms. The first-order valence-electron chi connectivity index (χ1n) is 6.07. The van der Waals surface area contributed by atoms with Crippen LogP contribution in [0.25, 0.3) is 0 Å². The summed E-state index contributed by atoms with van der Waals surface area (Å²) in [6.45, 7) is 5.33. The van der Waals surface area contributed by atoms with Crippen molar-refractivity contribution < 1.29 is 9.53 Å². The number of carbonyl (C=O) groups excluding carboxylic acids is 1. The number of esters is 1. The molecule has 3 heteroatoms. The van der Waals surface area contributed by atoms with Gasteiger partial charge in [0.05, 0.1) is 13.0 Å². The summed E-state index contributed by atoms with van der Waals surface area (Å²) in [6.07, 6.45) is 6.93. The largest absolute Gasteiger partial charge is 0.466 e. The molecule has 1 N–H and O–H groups in total. The molecule has 0 amide bonds. The smallest absolute Gasteiger partial charge is 0.307 e. The molecule has 0 aromatic heterocycles. The van der Waals surface area contributed by atoms with Crippen molar-refractivity contribution in [3.8, 4) is 0 Å². The molecule has 0 saturated heterocycles. The van der Waals surface area contributed by atoms with Crippen LogP contribution in [-0.4, -0.2) is 24.7 Å². The number of hydrogen-bond acceptors (Lipinski definition) is 3. The zero-order valence-electron chi connectivity index (χ0n) is 9.97. The lowest BCUT2D eigenvalue weighted by molar-refractivity contribution is -0.143. The Labute approximate surface area is 92.6 Å². The number of ether oxygens (including phenoxy) is 1. The van der Waals surface area contributed by atoms with Crippen LogP contribution in [-0.2, 0) is 9.53 Å². The van der Waals surface area contributed by atoms with E-state index in [0.717, 1.165) is 6.54 Å². The minimum Gasteiger partial charge on any atom is -0.466 e. The van der Waals surface area contributed by atoms with Gasteiger partial charge >= 0.3 is 5.97 Å². The minimum atomic E-state index is -0.0931. The molecule has 0 unspecified atom stereocenters. The topological polar surface area (TPSA) is 38.3 Å².